The largest absolute Gasteiger partial charge is 0.480 e. The summed E-state index contributed by atoms with van der Waals surface area (Å²) in [5, 5.41) is 20.4. The van der Waals surface area contributed by atoms with Crippen LogP contribution >= 0.6 is 50.5 Å². The third-order valence-electron chi connectivity index (χ3n) is 5.04. The Morgan fingerprint density at radius 2 is 0.780 bits per heavy atom. The maximum atomic E-state index is 12.8. The van der Waals surface area contributed by atoms with Gasteiger partial charge in [-0.1, -0.05) is 0 Å². The molecule has 0 spiro atoms. The molecular formula is C20H34N8O9S4. The molecule has 0 saturated carbocycles. The van der Waals surface area contributed by atoms with Crippen molar-refractivity contribution in [1.29, 1.82) is 0 Å². The second-order valence-corrected chi connectivity index (χ2v) is 9.78. The number of carboxylic acids is 1. The smallest absolute Gasteiger partial charge is 0.326 e. The maximum Gasteiger partial charge on any atom is 0.326 e. The minimum absolute atomic E-state index is 0.210. The van der Waals surface area contributed by atoms with E-state index in [1.54, 1.807) is 0 Å². The Bertz CT molecular complexity index is 1010. The molecule has 12 N–H and O–H groups in total. The number of nitrogens with two attached hydrogens (primary N) is 3. The Morgan fingerprint density at radius 3 is 1.02 bits per heavy atom. The molecular weight excluding hydrogens is 625 g/mol. The highest BCUT2D eigenvalue weighted by Gasteiger charge is 2.32. The molecule has 0 aromatic carbocycles. The third kappa shape index (κ3) is 14.0. The number of rotatable bonds is 19. The quantitative estimate of drug-likeness (QED) is 0.0584. The maximum absolute atomic E-state index is 12.8. The van der Waals surface area contributed by atoms with E-state index < -0.39 is 96.4 Å². The molecule has 21 heteroatoms. The summed E-state index contributed by atoms with van der Waals surface area (Å²) in [4.78, 5) is 96.0. The minimum atomic E-state index is -1.65. The Balaban J connectivity index is 5.32. The SMILES string of the molecule is NC(=O)C[C@H](NC(=O)[C@H](CS)NC(=O)[C@H](CS)NC(=O)[C@H](CS)NC(=O)[C@H](CS)NC(=O)[C@@H](N)CC(N)=O)C(=O)O. The number of carbonyl (C=O) groups excluding carboxylic acids is 7. The van der Waals surface area contributed by atoms with Gasteiger partial charge in [0.05, 0.1) is 18.9 Å². The molecule has 0 aliphatic carbocycles. The standard InChI is InChI=1S/C20H34N8O9S4/c21-7(1-13(22)29)15(31)25-9(3-38)17(33)27-11(5-40)19(35)28-12(6-41)18(34)26-10(4-39)16(32)24-8(20(36)37)2-14(23)30/h7-12,38-41H,1-6,21H2,(H2,22,29)(H2,23,30)(H,24,32)(H,25,31)(H,26,34)(H,27,33)(H,28,35)(H,36,37)/t7-,8-,9-,10-,11-,12-/m0/s1. The van der Waals surface area contributed by atoms with Crippen molar-refractivity contribution >= 4 is 97.8 Å². The Kier molecular flexibility index (Phi) is 17.9. The number of amides is 7. The van der Waals surface area contributed by atoms with Crippen LogP contribution in [-0.4, -0.2) is 112 Å². The number of primary amides is 2. The molecule has 0 radical (unpaired) electrons. The summed E-state index contributed by atoms with van der Waals surface area (Å²) in [5.74, 6) is -8.83. The van der Waals surface area contributed by atoms with Crippen LogP contribution in [0, 0.1) is 0 Å². The summed E-state index contributed by atoms with van der Waals surface area (Å²) in [6.07, 6.45) is -1.16. The van der Waals surface area contributed by atoms with Crippen LogP contribution in [0.1, 0.15) is 12.8 Å². The van der Waals surface area contributed by atoms with E-state index in [0.29, 0.717) is 0 Å². The van der Waals surface area contributed by atoms with Crippen LogP contribution in [0.5, 0.6) is 0 Å². The molecule has 232 valence electrons. The Hall–Kier alpha value is -2.88. The van der Waals surface area contributed by atoms with Gasteiger partial charge in [-0.15, -0.1) is 0 Å². The molecule has 0 aromatic rings. The van der Waals surface area contributed by atoms with Crippen LogP contribution in [0.15, 0.2) is 0 Å². The highest BCUT2D eigenvalue weighted by molar-refractivity contribution is 7.80. The zero-order valence-corrected chi connectivity index (χ0v) is 25.0. The first-order chi connectivity index (χ1) is 19.1. The van der Waals surface area contributed by atoms with Crippen LogP contribution in [0.25, 0.3) is 0 Å². The van der Waals surface area contributed by atoms with Gasteiger partial charge in [0, 0.05) is 23.0 Å². The first kappa shape index (κ1) is 38.1. The van der Waals surface area contributed by atoms with Crippen LogP contribution in [0.4, 0.5) is 0 Å². The van der Waals surface area contributed by atoms with E-state index >= 15 is 0 Å². The molecule has 7 amide bonds. The lowest BCUT2D eigenvalue weighted by molar-refractivity contribution is -0.143. The fourth-order valence-corrected chi connectivity index (χ4v) is 3.88. The van der Waals surface area contributed by atoms with Crippen molar-refractivity contribution in [3.8, 4) is 0 Å². The Morgan fingerprint density at radius 1 is 0.512 bits per heavy atom. The lowest BCUT2D eigenvalue weighted by atomic mass is 10.1. The molecule has 0 aliphatic heterocycles. The first-order valence-corrected chi connectivity index (χ1v) is 14.1. The molecule has 0 heterocycles. The molecule has 0 aromatic heterocycles. The van der Waals surface area contributed by atoms with Gasteiger partial charge in [0.25, 0.3) is 0 Å². The number of thiol groups is 4. The highest BCUT2D eigenvalue weighted by Crippen LogP contribution is 2.01. The van der Waals surface area contributed by atoms with Crippen LogP contribution in [0.2, 0.25) is 0 Å². The monoisotopic (exact) mass is 658 g/mol. The molecule has 0 unspecified atom stereocenters. The molecule has 0 saturated heterocycles. The fraction of sp³-hybridized carbons (Fsp3) is 0.600. The normalized spacial score (nSPS) is 15.0. The van der Waals surface area contributed by atoms with Crippen LogP contribution in [0.3, 0.4) is 0 Å². The van der Waals surface area contributed by atoms with Crippen molar-refractivity contribution in [2.75, 3.05) is 23.0 Å². The lowest BCUT2D eigenvalue weighted by Gasteiger charge is -2.25. The topological polar surface area (TPSA) is 295 Å². The summed E-state index contributed by atoms with van der Waals surface area (Å²) in [6, 6.07) is -8.25. The summed E-state index contributed by atoms with van der Waals surface area (Å²) in [7, 11) is 0. The van der Waals surface area contributed by atoms with Gasteiger partial charge in [0.2, 0.25) is 41.4 Å². The van der Waals surface area contributed by atoms with E-state index in [1.807, 2.05) is 0 Å². The van der Waals surface area contributed by atoms with E-state index in [2.05, 4.69) is 77.1 Å². The van der Waals surface area contributed by atoms with E-state index in [1.165, 1.54) is 0 Å². The number of hydrogen-bond donors (Lipinski definition) is 13. The van der Waals surface area contributed by atoms with Gasteiger partial charge in [0.1, 0.15) is 30.2 Å². The van der Waals surface area contributed by atoms with Crippen molar-refractivity contribution in [3.05, 3.63) is 0 Å². The predicted octanol–water partition coefficient (Wildman–Crippen LogP) is -5.71. The second-order valence-electron chi connectivity index (χ2n) is 8.32. The van der Waals surface area contributed by atoms with Crippen LogP contribution in [-0.2, 0) is 38.4 Å². The summed E-state index contributed by atoms with van der Waals surface area (Å²) in [6.45, 7) is 0. The zero-order valence-electron chi connectivity index (χ0n) is 21.4. The molecule has 0 bridgehead atoms. The number of nitrogens with one attached hydrogen (secondary N) is 5. The zero-order chi connectivity index (χ0) is 31.9. The van der Waals surface area contributed by atoms with Crippen molar-refractivity contribution in [2.45, 2.75) is 49.1 Å². The van der Waals surface area contributed by atoms with Crippen molar-refractivity contribution in [3.63, 3.8) is 0 Å². The number of hydrogen-bond acceptors (Lipinski definition) is 13. The van der Waals surface area contributed by atoms with Gasteiger partial charge in [-0.3, -0.25) is 33.6 Å². The lowest BCUT2D eigenvalue weighted by Crippen LogP contribution is -2.60. The van der Waals surface area contributed by atoms with Crippen LogP contribution < -0.4 is 43.8 Å². The second kappa shape index (κ2) is 19.3. The van der Waals surface area contributed by atoms with Gasteiger partial charge in [-0.2, -0.15) is 50.5 Å². The van der Waals surface area contributed by atoms with E-state index in [-0.39, 0.29) is 23.0 Å². The molecule has 17 nitrogen and oxygen atoms in total. The van der Waals surface area contributed by atoms with Gasteiger partial charge in [-0.05, 0) is 0 Å². The molecule has 0 fully saturated rings. The summed E-state index contributed by atoms with van der Waals surface area (Å²) in [5.41, 5.74) is 15.5. The highest BCUT2D eigenvalue weighted by atomic mass is 32.1. The van der Waals surface area contributed by atoms with Gasteiger partial charge < -0.3 is 48.9 Å². The van der Waals surface area contributed by atoms with E-state index in [0.717, 1.165) is 0 Å². The van der Waals surface area contributed by atoms with E-state index in [9.17, 15) is 38.4 Å². The van der Waals surface area contributed by atoms with Crippen molar-refractivity contribution in [2.24, 2.45) is 17.2 Å². The predicted molar refractivity (Wildman–Crippen MR) is 158 cm³/mol. The Labute approximate surface area is 256 Å². The summed E-state index contributed by atoms with van der Waals surface area (Å²) >= 11 is 16.0. The average Bonchev–Trinajstić information content (AvgIpc) is 2.89. The number of aliphatic carboxylic acids is 1. The van der Waals surface area contributed by atoms with Gasteiger partial charge in [-0.25, -0.2) is 4.79 Å². The average molecular weight is 659 g/mol. The molecule has 0 rings (SSSR count). The van der Waals surface area contributed by atoms with Crippen molar-refractivity contribution < 1.29 is 43.5 Å². The van der Waals surface area contributed by atoms with Crippen molar-refractivity contribution in [1.82, 2.24) is 26.6 Å². The summed E-state index contributed by atoms with van der Waals surface area (Å²) < 4.78 is 0. The molecule has 6 atom stereocenters. The third-order valence-corrected chi connectivity index (χ3v) is 6.50. The van der Waals surface area contributed by atoms with E-state index in [4.69, 9.17) is 22.3 Å². The fourth-order valence-electron chi connectivity index (χ4n) is 2.86. The number of carbonyl (C=O) groups is 8. The van der Waals surface area contributed by atoms with Gasteiger partial charge in [0.15, 0.2) is 0 Å². The number of carboxylic acid groups (broad SMARTS) is 1. The van der Waals surface area contributed by atoms with Gasteiger partial charge >= 0.3 is 5.97 Å². The molecule has 41 heavy (non-hydrogen) atoms. The first-order valence-electron chi connectivity index (χ1n) is 11.6. The molecule has 0 aliphatic rings. The minimum Gasteiger partial charge on any atom is -0.480 e.